The average molecular weight is 485 g/mol. The number of sulfonamides is 1. The van der Waals surface area contributed by atoms with Gasteiger partial charge in [-0.25, -0.2) is 8.42 Å². The minimum absolute atomic E-state index is 0.0299. The second kappa shape index (κ2) is 8.94. The number of allylic oxidation sites excluding steroid dienone is 1. The third kappa shape index (κ3) is 4.36. The van der Waals surface area contributed by atoms with Gasteiger partial charge in [0.1, 0.15) is 0 Å². The van der Waals surface area contributed by atoms with E-state index in [1.807, 2.05) is 30.1 Å². The van der Waals surface area contributed by atoms with Gasteiger partial charge in [0.25, 0.3) is 5.69 Å². The molecule has 2 heterocycles. The molecule has 2 aliphatic rings. The Kier molecular flexibility index (Phi) is 6.32. The van der Waals surface area contributed by atoms with E-state index in [4.69, 9.17) is 0 Å². The van der Waals surface area contributed by atoms with Crippen molar-refractivity contribution in [1.29, 1.82) is 0 Å². The lowest BCUT2D eigenvalue weighted by Crippen LogP contribution is -2.49. The molecule has 0 unspecified atom stereocenters. The van der Waals surface area contributed by atoms with Crippen molar-refractivity contribution in [3.05, 3.63) is 76.0 Å². The van der Waals surface area contributed by atoms with Crippen molar-refractivity contribution < 1.29 is 18.1 Å². The number of carbonyl (C=O) groups excluding carboxylic acids is 1. The Balaban J connectivity index is 1.41. The lowest BCUT2D eigenvalue weighted by atomic mass is 9.83. The van der Waals surface area contributed by atoms with Crippen molar-refractivity contribution in [1.82, 2.24) is 9.21 Å². The number of fused-ring (bicyclic) bond motifs is 1. The van der Waals surface area contributed by atoms with Crippen LogP contribution in [0, 0.1) is 10.1 Å². The van der Waals surface area contributed by atoms with E-state index in [1.54, 1.807) is 6.08 Å². The maximum Gasteiger partial charge on any atom is 0.270 e. The van der Waals surface area contributed by atoms with Gasteiger partial charge in [0.05, 0.1) is 16.4 Å². The largest absolute Gasteiger partial charge is 0.347 e. The molecule has 0 N–H and O–H groups in total. The van der Waals surface area contributed by atoms with E-state index in [0.717, 1.165) is 17.5 Å². The Morgan fingerprint density at radius 3 is 2.41 bits per heavy atom. The van der Waals surface area contributed by atoms with Gasteiger partial charge in [-0.3, -0.25) is 19.8 Å². The number of hydrogen-bond donors (Lipinski definition) is 0. The number of nitro benzene ring substituents is 1. The van der Waals surface area contributed by atoms with E-state index in [9.17, 15) is 23.3 Å². The molecule has 2 aliphatic heterocycles. The van der Waals surface area contributed by atoms with Crippen molar-refractivity contribution in [2.24, 2.45) is 0 Å². The monoisotopic (exact) mass is 484 g/mol. The fourth-order valence-corrected chi connectivity index (χ4v) is 6.17. The van der Waals surface area contributed by atoms with Crippen LogP contribution in [-0.4, -0.2) is 68.1 Å². The molecule has 9 nitrogen and oxygen atoms in total. The molecule has 0 spiro atoms. The highest BCUT2D eigenvalue weighted by Crippen LogP contribution is 2.46. The average Bonchev–Trinajstić information content (AvgIpc) is 3.00. The van der Waals surface area contributed by atoms with Gasteiger partial charge in [0.15, 0.2) is 5.78 Å². The number of nitro groups is 1. The predicted octanol–water partition coefficient (Wildman–Crippen LogP) is 2.78. The number of carbonyl (C=O) groups is 1. The normalized spacial score (nSPS) is 19.9. The molecule has 0 bridgehead atoms. The molecule has 0 saturated carbocycles. The Morgan fingerprint density at radius 1 is 1.09 bits per heavy atom. The molecule has 1 saturated heterocycles. The van der Waals surface area contributed by atoms with Crippen molar-refractivity contribution in [3.8, 4) is 0 Å². The molecule has 4 rings (SSSR count). The van der Waals surface area contributed by atoms with E-state index in [2.05, 4.69) is 24.8 Å². The molecule has 2 aromatic rings. The number of benzene rings is 2. The molecule has 180 valence electrons. The van der Waals surface area contributed by atoms with Gasteiger partial charge < -0.3 is 4.90 Å². The number of nitrogens with zero attached hydrogens (tertiary/aromatic N) is 4. The van der Waals surface area contributed by atoms with Gasteiger partial charge in [-0.2, -0.15) is 4.31 Å². The lowest BCUT2D eigenvalue weighted by Gasteiger charge is -2.33. The van der Waals surface area contributed by atoms with Crippen molar-refractivity contribution in [2.45, 2.75) is 24.2 Å². The lowest BCUT2D eigenvalue weighted by molar-refractivity contribution is -0.385. The van der Waals surface area contributed by atoms with E-state index >= 15 is 0 Å². The number of anilines is 1. The van der Waals surface area contributed by atoms with Crippen LogP contribution >= 0.6 is 0 Å². The van der Waals surface area contributed by atoms with Crippen molar-refractivity contribution >= 4 is 27.2 Å². The molecule has 1 fully saturated rings. The molecule has 0 atom stereocenters. The summed E-state index contributed by atoms with van der Waals surface area (Å²) in [5.41, 5.74) is 2.65. The Bertz CT molecular complexity index is 1260. The summed E-state index contributed by atoms with van der Waals surface area (Å²) in [7, 11) is -1.88. The van der Waals surface area contributed by atoms with Gasteiger partial charge in [-0.05, 0) is 17.7 Å². The van der Waals surface area contributed by atoms with Gasteiger partial charge in [0, 0.05) is 68.2 Å². The zero-order valence-corrected chi connectivity index (χ0v) is 20.3. The second-order valence-corrected chi connectivity index (χ2v) is 11.1. The molecule has 0 amide bonds. The summed E-state index contributed by atoms with van der Waals surface area (Å²) in [6.45, 7) is 5.65. The van der Waals surface area contributed by atoms with E-state index in [0.29, 0.717) is 13.1 Å². The fourth-order valence-electron chi connectivity index (χ4n) is 4.71. The van der Waals surface area contributed by atoms with Crippen LogP contribution in [0.15, 0.2) is 65.2 Å². The summed E-state index contributed by atoms with van der Waals surface area (Å²) in [6, 6.07) is 13.2. The zero-order chi connectivity index (χ0) is 24.7. The standard InChI is InChI=1S/C24H28N4O5S/c1-24(2)21-9-4-5-10-22(21)25(3)23(24)16-19(29)17-26-11-13-27(14-12-26)34(32,33)20-8-6-7-18(15-20)28(30)31/h4-10,15-16H,11-14,17H2,1-3H3/b23-16+. The topological polar surface area (TPSA) is 104 Å². The molecular weight excluding hydrogens is 456 g/mol. The Labute approximate surface area is 199 Å². The van der Waals surface area contributed by atoms with Crippen LogP contribution < -0.4 is 4.90 Å². The smallest absolute Gasteiger partial charge is 0.270 e. The number of hydrogen-bond acceptors (Lipinski definition) is 7. The highest BCUT2D eigenvalue weighted by Gasteiger charge is 2.38. The SMILES string of the molecule is CN1/C(=C/C(=O)CN2CCN(S(=O)(=O)c3cccc([N+](=O)[O-])c3)CC2)C(C)(C)c2ccccc21. The molecular formula is C24H28N4O5S. The molecule has 10 heteroatoms. The first kappa shape index (κ1) is 24.1. The minimum Gasteiger partial charge on any atom is -0.347 e. The molecule has 34 heavy (non-hydrogen) atoms. The van der Waals surface area contributed by atoms with Gasteiger partial charge in [-0.15, -0.1) is 0 Å². The highest BCUT2D eigenvalue weighted by atomic mass is 32.2. The van der Waals surface area contributed by atoms with Crippen LogP contribution in [0.1, 0.15) is 19.4 Å². The van der Waals surface area contributed by atoms with Crippen LogP contribution in [0.2, 0.25) is 0 Å². The summed E-state index contributed by atoms with van der Waals surface area (Å²) in [5.74, 6) is -0.0299. The third-order valence-corrected chi connectivity index (χ3v) is 8.51. The van der Waals surface area contributed by atoms with Gasteiger partial charge >= 0.3 is 0 Å². The molecule has 2 aromatic carbocycles. The first-order chi connectivity index (χ1) is 16.0. The van der Waals surface area contributed by atoms with Crippen molar-refractivity contribution in [2.75, 3.05) is 44.7 Å². The predicted molar refractivity (Wildman–Crippen MR) is 129 cm³/mol. The second-order valence-electron chi connectivity index (χ2n) is 9.13. The number of rotatable bonds is 6. The summed E-state index contributed by atoms with van der Waals surface area (Å²) in [6.07, 6.45) is 1.70. The van der Waals surface area contributed by atoms with Crippen LogP contribution in [-0.2, 0) is 20.2 Å². The number of ketones is 1. The molecule has 0 aliphatic carbocycles. The van der Waals surface area contributed by atoms with E-state index < -0.39 is 14.9 Å². The van der Waals surface area contributed by atoms with Crippen molar-refractivity contribution in [3.63, 3.8) is 0 Å². The van der Waals surface area contributed by atoms with Gasteiger partial charge in [0.2, 0.25) is 10.0 Å². The minimum atomic E-state index is -3.84. The quantitative estimate of drug-likeness (QED) is 0.353. The molecule has 0 radical (unpaired) electrons. The Morgan fingerprint density at radius 2 is 1.76 bits per heavy atom. The first-order valence-electron chi connectivity index (χ1n) is 11.1. The van der Waals surface area contributed by atoms with Crippen LogP contribution in [0.4, 0.5) is 11.4 Å². The number of piperazine rings is 1. The van der Waals surface area contributed by atoms with E-state index in [1.165, 1.54) is 28.1 Å². The fraction of sp³-hybridized carbons (Fsp3) is 0.375. The number of para-hydroxylation sites is 1. The third-order valence-electron chi connectivity index (χ3n) is 6.62. The summed E-state index contributed by atoms with van der Waals surface area (Å²) < 4.78 is 27.2. The summed E-state index contributed by atoms with van der Waals surface area (Å²) in [4.78, 5) is 27.2. The number of non-ortho nitro benzene ring substituents is 1. The van der Waals surface area contributed by atoms with Crippen LogP contribution in [0.3, 0.4) is 0 Å². The highest BCUT2D eigenvalue weighted by molar-refractivity contribution is 7.89. The first-order valence-corrected chi connectivity index (χ1v) is 12.5. The number of likely N-dealkylation sites (N-methyl/N-ethyl adjacent to an activating group) is 1. The van der Waals surface area contributed by atoms with Gasteiger partial charge in [-0.1, -0.05) is 38.1 Å². The maximum absolute atomic E-state index is 12.9. The zero-order valence-electron chi connectivity index (χ0n) is 19.5. The molecule has 0 aromatic heterocycles. The maximum atomic E-state index is 12.9. The summed E-state index contributed by atoms with van der Waals surface area (Å²) >= 11 is 0. The summed E-state index contributed by atoms with van der Waals surface area (Å²) in [5, 5.41) is 11.0. The van der Waals surface area contributed by atoms with E-state index in [-0.39, 0.29) is 41.4 Å². The van der Waals surface area contributed by atoms with Crippen LogP contribution in [0.25, 0.3) is 0 Å². The van der Waals surface area contributed by atoms with Crippen LogP contribution in [0.5, 0.6) is 0 Å². The Hall–Kier alpha value is -3.08.